The number of thiazole rings is 1. The minimum Gasteiger partial charge on any atom is -0.319 e. The Balaban J connectivity index is 2.47. The summed E-state index contributed by atoms with van der Waals surface area (Å²) in [6.45, 7) is 11.1. The molecule has 0 aliphatic rings. The summed E-state index contributed by atoms with van der Waals surface area (Å²) < 4.78 is 12.1. The fourth-order valence-corrected chi connectivity index (χ4v) is 8.19. The van der Waals surface area contributed by atoms with Gasteiger partial charge in [0.05, 0.1) is 0 Å². The van der Waals surface area contributed by atoms with Crippen molar-refractivity contribution in [3.05, 3.63) is 52.3 Å². The summed E-state index contributed by atoms with van der Waals surface area (Å²) in [6, 6.07) is 10.5. The van der Waals surface area contributed by atoms with Crippen LogP contribution in [0.5, 0.6) is 0 Å². The lowest BCUT2D eigenvalue weighted by molar-refractivity contribution is 0.420. The van der Waals surface area contributed by atoms with Gasteiger partial charge >= 0.3 is 0 Å². The van der Waals surface area contributed by atoms with E-state index in [4.69, 9.17) is 16.6 Å². The van der Waals surface area contributed by atoms with Gasteiger partial charge in [0.25, 0.3) is 0 Å². The zero-order valence-electron chi connectivity index (χ0n) is 15.6. The van der Waals surface area contributed by atoms with E-state index in [0.717, 1.165) is 37.5 Å². The third kappa shape index (κ3) is 4.89. The standard InChI is InChI=1S/C18H29N4PS2/c1-5-21(6-2)23(24,22(7-3)8-4)19-18-20(14-15-25-18)16-17-12-10-9-11-13-17/h9-15H,5-8,16H2,1-4H3/b19-18-. The van der Waals surface area contributed by atoms with Crippen LogP contribution >= 0.6 is 17.8 Å². The Bertz CT molecular complexity index is 730. The number of nitrogens with zero attached hydrogens (tertiary/aromatic N) is 4. The molecule has 0 spiro atoms. The first-order chi connectivity index (χ1) is 12.1. The molecule has 1 aromatic heterocycles. The summed E-state index contributed by atoms with van der Waals surface area (Å²) >= 11 is 7.88. The molecular formula is C18H29N4PS2. The quantitative estimate of drug-likeness (QED) is 0.587. The molecule has 0 saturated heterocycles. The monoisotopic (exact) mass is 396 g/mol. The predicted octanol–water partition coefficient (Wildman–Crippen LogP) is 4.41. The molecule has 0 N–H and O–H groups in total. The van der Waals surface area contributed by atoms with E-state index in [-0.39, 0.29) is 0 Å². The van der Waals surface area contributed by atoms with Crippen LogP contribution in [-0.2, 0) is 18.4 Å². The summed E-state index contributed by atoms with van der Waals surface area (Å²) in [7, 11) is 0. The molecular weight excluding hydrogens is 367 g/mol. The Morgan fingerprint density at radius 3 is 2.08 bits per heavy atom. The highest BCUT2D eigenvalue weighted by Gasteiger charge is 2.29. The summed E-state index contributed by atoms with van der Waals surface area (Å²) in [6.07, 6.45) is 2.11. The molecule has 0 aliphatic heterocycles. The smallest absolute Gasteiger partial charge is 0.191 e. The van der Waals surface area contributed by atoms with Gasteiger partial charge in [-0.25, -0.2) is 9.34 Å². The van der Waals surface area contributed by atoms with Gasteiger partial charge in [-0.2, -0.15) is 4.76 Å². The van der Waals surface area contributed by atoms with Crippen molar-refractivity contribution in [1.29, 1.82) is 0 Å². The summed E-state index contributed by atoms with van der Waals surface area (Å²) in [5.74, 6) is 0. The fraction of sp³-hybridized carbons (Fsp3) is 0.500. The van der Waals surface area contributed by atoms with Crippen LogP contribution in [0.3, 0.4) is 0 Å². The van der Waals surface area contributed by atoms with Crippen LogP contribution in [0.1, 0.15) is 33.3 Å². The van der Waals surface area contributed by atoms with E-state index in [1.165, 1.54) is 5.56 Å². The molecule has 1 aromatic carbocycles. The molecule has 0 fully saturated rings. The van der Waals surface area contributed by atoms with Crippen molar-refractivity contribution in [3.63, 3.8) is 0 Å². The molecule has 0 atom stereocenters. The van der Waals surface area contributed by atoms with E-state index in [9.17, 15) is 0 Å². The molecule has 0 saturated carbocycles. The Hall–Kier alpha value is -0.780. The molecule has 0 amide bonds. The summed E-state index contributed by atoms with van der Waals surface area (Å²) in [5.41, 5.74) is 1.28. The third-order valence-corrected chi connectivity index (χ3v) is 9.88. The number of benzene rings is 1. The number of aromatic nitrogens is 1. The molecule has 0 bridgehead atoms. The Morgan fingerprint density at radius 1 is 1.00 bits per heavy atom. The van der Waals surface area contributed by atoms with E-state index >= 15 is 0 Å². The summed E-state index contributed by atoms with van der Waals surface area (Å²) in [4.78, 5) is 1.02. The fourth-order valence-electron chi connectivity index (χ4n) is 2.88. The van der Waals surface area contributed by atoms with Crippen molar-refractivity contribution in [3.8, 4) is 0 Å². The van der Waals surface area contributed by atoms with E-state index in [2.05, 4.69) is 77.4 Å². The second-order valence-electron chi connectivity index (χ2n) is 5.69. The SMILES string of the molecule is CCN(CC)P(=S)(/N=c1\sccn1Cc1ccccc1)N(CC)CC. The lowest BCUT2D eigenvalue weighted by atomic mass is 10.2. The average molecular weight is 397 g/mol. The molecule has 0 radical (unpaired) electrons. The Labute approximate surface area is 161 Å². The average Bonchev–Trinajstić information content (AvgIpc) is 3.04. The number of rotatable bonds is 9. The maximum atomic E-state index is 6.20. The summed E-state index contributed by atoms with van der Waals surface area (Å²) in [5, 5.41) is 2.10. The largest absolute Gasteiger partial charge is 0.319 e. The van der Waals surface area contributed by atoms with E-state index in [1.807, 2.05) is 6.07 Å². The van der Waals surface area contributed by atoms with Crippen molar-refractivity contribution in [1.82, 2.24) is 13.9 Å². The first-order valence-electron chi connectivity index (χ1n) is 8.93. The molecule has 7 heteroatoms. The normalized spacial score (nSPS) is 13.1. The molecule has 2 aromatic rings. The zero-order chi connectivity index (χ0) is 18.3. The minimum absolute atomic E-state index is 0.828. The van der Waals surface area contributed by atoms with E-state index < -0.39 is 6.49 Å². The molecule has 1 heterocycles. The van der Waals surface area contributed by atoms with Gasteiger partial charge in [-0.15, -0.1) is 11.3 Å². The van der Waals surface area contributed by atoms with Crippen molar-refractivity contribution >= 4 is 29.6 Å². The van der Waals surface area contributed by atoms with Crippen molar-refractivity contribution < 1.29 is 0 Å². The second-order valence-corrected chi connectivity index (χ2v) is 10.4. The highest BCUT2D eigenvalue weighted by atomic mass is 32.4. The predicted molar refractivity (Wildman–Crippen MR) is 114 cm³/mol. The van der Waals surface area contributed by atoms with Crippen molar-refractivity contribution in [2.45, 2.75) is 34.2 Å². The van der Waals surface area contributed by atoms with Gasteiger partial charge in [-0.3, -0.25) is 0 Å². The zero-order valence-corrected chi connectivity index (χ0v) is 18.2. The first-order valence-corrected chi connectivity index (χ1v) is 12.5. The van der Waals surface area contributed by atoms with Crippen LogP contribution < -0.4 is 4.80 Å². The van der Waals surface area contributed by atoms with Crippen LogP contribution in [0.25, 0.3) is 0 Å². The van der Waals surface area contributed by atoms with E-state index in [1.54, 1.807) is 11.3 Å². The van der Waals surface area contributed by atoms with Gasteiger partial charge in [0.2, 0.25) is 0 Å². The van der Waals surface area contributed by atoms with Crippen LogP contribution in [-0.4, -0.2) is 40.1 Å². The van der Waals surface area contributed by atoms with Gasteiger partial charge in [-0.1, -0.05) is 58.0 Å². The van der Waals surface area contributed by atoms with Gasteiger partial charge in [0.15, 0.2) is 11.3 Å². The molecule has 0 unspecified atom stereocenters. The second kappa shape index (κ2) is 9.79. The molecule has 138 valence electrons. The highest BCUT2D eigenvalue weighted by molar-refractivity contribution is 8.11. The highest BCUT2D eigenvalue weighted by Crippen LogP contribution is 2.54. The molecule has 2 rings (SSSR count). The molecule has 0 aliphatic carbocycles. The Morgan fingerprint density at radius 2 is 1.56 bits per heavy atom. The maximum absolute atomic E-state index is 6.20. The first kappa shape index (κ1) is 20.5. The van der Waals surface area contributed by atoms with Crippen molar-refractivity contribution in [2.75, 3.05) is 26.2 Å². The van der Waals surface area contributed by atoms with Gasteiger partial charge in [-0.05, 0) is 17.4 Å². The van der Waals surface area contributed by atoms with Crippen molar-refractivity contribution in [2.24, 2.45) is 4.76 Å². The number of hydrogen-bond acceptors (Lipinski definition) is 2. The third-order valence-electron chi connectivity index (χ3n) is 4.27. The number of hydrogen-bond donors (Lipinski definition) is 0. The van der Waals surface area contributed by atoms with Crippen LogP contribution in [0.4, 0.5) is 0 Å². The molecule has 4 nitrogen and oxygen atoms in total. The van der Waals surface area contributed by atoms with Crippen LogP contribution in [0.15, 0.2) is 46.7 Å². The Kier molecular flexibility index (Phi) is 8.04. The lowest BCUT2D eigenvalue weighted by Gasteiger charge is -2.37. The topological polar surface area (TPSA) is 23.8 Å². The van der Waals surface area contributed by atoms with Gasteiger partial charge in [0.1, 0.15) is 0 Å². The van der Waals surface area contributed by atoms with Crippen LogP contribution in [0.2, 0.25) is 0 Å². The molecule has 25 heavy (non-hydrogen) atoms. The van der Waals surface area contributed by atoms with Crippen LogP contribution in [0, 0.1) is 0 Å². The minimum atomic E-state index is -2.15. The van der Waals surface area contributed by atoms with Gasteiger partial charge in [0, 0.05) is 44.3 Å². The maximum Gasteiger partial charge on any atom is 0.191 e. The van der Waals surface area contributed by atoms with E-state index in [0.29, 0.717) is 0 Å². The lowest BCUT2D eigenvalue weighted by Crippen LogP contribution is -2.32. The van der Waals surface area contributed by atoms with Gasteiger partial charge < -0.3 is 4.57 Å².